The van der Waals surface area contributed by atoms with Crippen molar-refractivity contribution in [3.63, 3.8) is 0 Å². The van der Waals surface area contributed by atoms with Crippen molar-refractivity contribution in [3.05, 3.63) is 34.9 Å². The molecule has 1 aromatic rings. The summed E-state index contributed by atoms with van der Waals surface area (Å²) in [5, 5.41) is 2.77. The molecule has 0 radical (unpaired) electrons. The van der Waals surface area contributed by atoms with Crippen molar-refractivity contribution < 1.29 is 4.84 Å². The van der Waals surface area contributed by atoms with Crippen LogP contribution in [0.1, 0.15) is 12.0 Å². The van der Waals surface area contributed by atoms with Gasteiger partial charge in [0.25, 0.3) is 0 Å². The molecule has 0 aliphatic carbocycles. The smallest absolute Gasteiger partial charge is 0.0698 e. The molecule has 3 heteroatoms. The standard InChI is InChI=1S/C10H12ClNO/c11-10-4-2-9(3-5-10)8-12-6-1-7-13-12/h2-5H,1,6-8H2. The summed E-state index contributed by atoms with van der Waals surface area (Å²) in [6, 6.07) is 7.88. The Labute approximate surface area is 83.0 Å². The molecule has 1 fully saturated rings. The highest BCUT2D eigenvalue weighted by atomic mass is 35.5. The lowest BCUT2D eigenvalue weighted by atomic mass is 10.2. The zero-order valence-corrected chi connectivity index (χ0v) is 8.13. The second-order valence-corrected chi connectivity index (χ2v) is 3.61. The first-order valence-electron chi connectivity index (χ1n) is 4.47. The largest absolute Gasteiger partial charge is 0.299 e. The Morgan fingerprint density at radius 3 is 2.69 bits per heavy atom. The number of nitrogens with zero attached hydrogens (tertiary/aromatic N) is 1. The summed E-state index contributed by atoms with van der Waals surface area (Å²) in [6.07, 6.45) is 1.13. The molecule has 1 heterocycles. The van der Waals surface area contributed by atoms with Crippen LogP contribution in [0.2, 0.25) is 5.02 Å². The van der Waals surface area contributed by atoms with Gasteiger partial charge in [-0.1, -0.05) is 23.7 Å². The highest BCUT2D eigenvalue weighted by molar-refractivity contribution is 6.30. The molecule has 0 atom stereocenters. The highest BCUT2D eigenvalue weighted by Crippen LogP contribution is 2.13. The van der Waals surface area contributed by atoms with Crippen LogP contribution in [-0.4, -0.2) is 18.2 Å². The van der Waals surface area contributed by atoms with Crippen molar-refractivity contribution in [1.29, 1.82) is 0 Å². The molecule has 0 bridgehead atoms. The molecule has 13 heavy (non-hydrogen) atoms. The molecule has 0 N–H and O–H groups in total. The van der Waals surface area contributed by atoms with Crippen molar-refractivity contribution in [3.8, 4) is 0 Å². The van der Waals surface area contributed by atoms with Crippen molar-refractivity contribution in [2.24, 2.45) is 0 Å². The van der Waals surface area contributed by atoms with Crippen LogP contribution >= 0.6 is 11.6 Å². The van der Waals surface area contributed by atoms with Gasteiger partial charge in [0.15, 0.2) is 0 Å². The molecule has 0 amide bonds. The summed E-state index contributed by atoms with van der Waals surface area (Å²) < 4.78 is 0. The van der Waals surface area contributed by atoms with Crippen molar-refractivity contribution in [2.75, 3.05) is 13.2 Å². The maximum atomic E-state index is 5.78. The lowest BCUT2D eigenvalue weighted by Crippen LogP contribution is -2.16. The summed E-state index contributed by atoms with van der Waals surface area (Å²) in [5.74, 6) is 0. The summed E-state index contributed by atoms with van der Waals surface area (Å²) in [5.41, 5.74) is 1.24. The van der Waals surface area contributed by atoms with Crippen LogP contribution in [0.5, 0.6) is 0 Å². The van der Waals surface area contributed by atoms with Crippen LogP contribution in [0.25, 0.3) is 0 Å². The van der Waals surface area contributed by atoms with Crippen molar-refractivity contribution in [2.45, 2.75) is 13.0 Å². The topological polar surface area (TPSA) is 12.5 Å². The number of halogens is 1. The van der Waals surface area contributed by atoms with Gasteiger partial charge in [-0.25, -0.2) is 0 Å². The molecule has 1 aliphatic rings. The van der Waals surface area contributed by atoms with Crippen LogP contribution in [0.3, 0.4) is 0 Å². The van der Waals surface area contributed by atoms with E-state index in [1.165, 1.54) is 5.56 Å². The van der Waals surface area contributed by atoms with Crippen LogP contribution in [-0.2, 0) is 11.4 Å². The quantitative estimate of drug-likeness (QED) is 0.723. The average molecular weight is 198 g/mol. The summed E-state index contributed by atoms with van der Waals surface area (Å²) in [4.78, 5) is 5.39. The zero-order chi connectivity index (χ0) is 9.10. The fourth-order valence-corrected chi connectivity index (χ4v) is 1.54. The first-order chi connectivity index (χ1) is 6.34. The van der Waals surface area contributed by atoms with Crippen LogP contribution in [0.15, 0.2) is 24.3 Å². The molecule has 1 aromatic carbocycles. The maximum Gasteiger partial charge on any atom is 0.0698 e. The van der Waals surface area contributed by atoms with E-state index in [4.69, 9.17) is 16.4 Å². The first-order valence-corrected chi connectivity index (χ1v) is 4.85. The number of hydrogen-bond donors (Lipinski definition) is 0. The van der Waals surface area contributed by atoms with Crippen LogP contribution in [0.4, 0.5) is 0 Å². The second-order valence-electron chi connectivity index (χ2n) is 3.18. The van der Waals surface area contributed by atoms with Gasteiger partial charge in [0.2, 0.25) is 0 Å². The lowest BCUT2D eigenvalue weighted by molar-refractivity contribution is -0.117. The van der Waals surface area contributed by atoms with Crippen molar-refractivity contribution in [1.82, 2.24) is 5.06 Å². The molecular formula is C10H12ClNO. The average Bonchev–Trinajstić information content (AvgIpc) is 2.62. The maximum absolute atomic E-state index is 5.78. The van der Waals surface area contributed by atoms with Gasteiger partial charge in [-0.05, 0) is 24.1 Å². The molecule has 2 rings (SSSR count). The Hall–Kier alpha value is -0.570. The third-order valence-corrected chi connectivity index (χ3v) is 2.35. The lowest BCUT2D eigenvalue weighted by Gasteiger charge is -2.13. The molecule has 1 aliphatic heterocycles. The number of hydrogen-bond acceptors (Lipinski definition) is 2. The molecule has 0 aromatic heterocycles. The minimum atomic E-state index is 0.783. The normalized spacial score (nSPS) is 17.9. The molecule has 70 valence electrons. The third-order valence-electron chi connectivity index (χ3n) is 2.10. The monoisotopic (exact) mass is 197 g/mol. The van der Waals surface area contributed by atoms with E-state index in [9.17, 15) is 0 Å². The Morgan fingerprint density at radius 1 is 1.31 bits per heavy atom. The minimum Gasteiger partial charge on any atom is -0.299 e. The molecule has 1 saturated heterocycles. The molecule has 0 unspecified atom stereocenters. The van der Waals surface area contributed by atoms with E-state index < -0.39 is 0 Å². The predicted octanol–water partition coefficient (Wildman–Crippen LogP) is 2.48. The van der Waals surface area contributed by atoms with Gasteiger partial charge < -0.3 is 0 Å². The van der Waals surface area contributed by atoms with E-state index in [-0.39, 0.29) is 0 Å². The van der Waals surface area contributed by atoms with Gasteiger partial charge in [-0.2, -0.15) is 5.06 Å². The Morgan fingerprint density at radius 2 is 2.08 bits per heavy atom. The molecule has 0 saturated carbocycles. The zero-order valence-electron chi connectivity index (χ0n) is 7.37. The Balaban J connectivity index is 1.97. The van der Waals surface area contributed by atoms with E-state index in [0.717, 1.165) is 31.1 Å². The fourth-order valence-electron chi connectivity index (χ4n) is 1.42. The summed E-state index contributed by atoms with van der Waals surface area (Å²) in [7, 11) is 0. The fraction of sp³-hybridized carbons (Fsp3) is 0.400. The number of hydroxylamine groups is 2. The van der Waals surface area contributed by atoms with E-state index in [0.29, 0.717) is 0 Å². The van der Waals surface area contributed by atoms with E-state index in [1.807, 2.05) is 29.3 Å². The number of rotatable bonds is 2. The first kappa shape index (κ1) is 9.00. The van der Waals surface area contributed by atoms with E-state index in [2.05, 4.69) is 0 Å². The molecule has 2 nitrogen and oxygen atoms in total. The second kappa shape index (κ2) is 4.09. The van der Waals surface area contributed by atoms with Gasteiger partial charge in [0.1, 0.15) is 0 Å². The molecular weight excluding hydrogens is 186 g/mol. The Kier molecular flexibility index (Phi) is 2.83. The summed E-state index contributed by atoms with van der Waals surface area (Å²) >= 11 is 5.78. The third kappa shape index (κ3) is 2.44. The van der Waals surface area contributed by atoms with Gasteiger partial charge in [-0.3, -0.25) is 4.84 Å². The van der Waals surface area contributed by atoms with E-state index in [1.54, 1.807) is 0 Å². The van der Waals surface area contributed by atoms with Crippen molar-refractivity contribution >= 4 is 11.6 Å². The van der Waals surface area contributed by atoms with Gasteiger partial charge >= 0.3 is 0 Å². The van der Waals surface area contributed by atoms with Gasteiger partial charge in [-0.15, -0.1) is 0 Å². The minimum absolute atomic E-state index is 0.783. The van der Waals surface area contributed by atoms with E-state index >= 15 is 0 Å². The molecule has 0 spiro atoms. The SMILES string of the molecule is Clc1ccc(CN2CCCO2)cc1. The predicted molar refractivity (Wildman–Crippen MR) is 52.4 cm³/mol. The van der Waals surface area contributed by atoms with Gasteiger partial charge in [0, 0.05) is 18.1 Å². The van der Waals surface area contributed by atoms with Gasteiger partial charge in [0.05, 0.1) is 6.61 Å². The highest BCUT2D eigenvalue weighted by Gasteiger charge is 2.11. The summed E-state index contributed by atoms with van der Waals surface area (Å²) in [6.45, 7) is 2.74. The van der Waals surface area contributed by atoms with Crippen LogP contribution in [0, 0.1) is 0 Å². The van der Waals surface area contributed by atoms with Crippen LogP contribution < -0.4 is 0 Å². The Bertz CT molecular complexity index is 267. The number of benzene rings is 1.